The zero-order valence-corrected chi connectivity index (χ0v) is 9.85. The van der Waals surface area contributed by atoms with E-state index in [4.69, 9.17) is 14.2 Å². The normalized spacial score (nSPS) is 9.71. The van der Waals surface area contributed by atoms with Gasteiger partial charge < -0.3 is 14.2 Å². The van der Waals surface area contributed by atoms with Gasteiger partial charge in [-0.25, -0.2) is 4.79 Å². The maximum absolute atomic E-state index is 11.0. The number of rotatable bonds is 7. The summed E-state index contributed by atoms with van der Waals surface area (Å²) in [5.74, 6) is 0.337. The molecular formula is C13H16O4. The summed E-state index contributed by atoms with van der Waals surface area (Å²) in [4.78, 5) is 11.0. The lowest BCUT2D eigenvalue weighted by atomic mass is 10.3. The van der Waals surface area contributed by atoms with Crippen LogP contribution in [0.4, 0.5) is 0 Å². The Kier molecular flexibility index (Phi) is 5.82. The van der Waals surface area contributed by atoms with Crippen LogP contribution in [0.2, 0.25) is 0 Å². The van der Waals surface area contributed by atoms with Crippen LogP contribution < -0.4 is 4.74 Å². The third-order valence-electron chi connectivity index (χ3n) is 1.86. The van der Waals surface area contributed by atoms with E-state index in [0.29, 0.717) is 12.2 Å². The van der Waals surface area contributed by atoms with Crippen molar-refractivity contribution >= 4 is 5.97 Å². The van der Waals surface area contributed by atoms with Crippen LogP contribution in [0.15, 0.2) is 42.5 Å². The molecule has 0 unspecified atom stereocenters. The highest BCUT2D eigenvalue weighted by Crippen LogP contribution is 2.07. The Bertz CT molecular complexity index is 359. The number of para-hydroxylation sites is 1. The van der Waals surface area contributed by atoms with Crippen molar-refractivity contribution in [3.63, 3.8) is 0 Å². The first-order chi connectivity index (χ1) is 8.20. The molecule has 1 aromatic rings. The Morgan fingerprint density at radius 3 is 2.59 bits per heavy atom. The first kappa shape index (κ1) is 13.3. The van der Waals surface area contributed by atoms with E-state index in [1.165, 1.54) is 0 Å². The van der Waals surface area contributed by atoms with E-state index in [2.05, 4.69) is 6.58 Å². The second kappa shape index (κ2) is 7.46. The molecule has 4 heteroatoms. The van der Waals surface area contributed by atoms with Gasteiger partial charge in [0.2, 0.25) is 0 Å². The number of carbonyl (C=O) groups excluding carboxylic acids is 1. The van der Waals surface area contributed by atoms with Gasteiger partial charge in [-0.3, -0.25) is 0 Å². The topological polar surface area (TPSA) is 44.8 Å². The minimum Gasteiger partial charge on any atom is -0.468 e. The molecule has 0 fully saturated rings. The summed E-state index contributed by atoms with van der Waals surface area (Å²) in [6, 6.07) is 9.34. The zero-order valence-electron chi connectivity index (χ0n) is 9.85. The summed E-state index contributed by atoms with van der Waals surface area (Å²) in [6.45, 7) is 5.70. The van der Waals surface area contributed by atoms with Gasteiger partial charge in [-0.05, 0) is 19.1 Å². The summed E-state index contributed by atoms with van der Waals surface area (Å²) in [7, 11) is 0. The van der Waals surface area contributed by atoms with Gasteiger partial charge >= 0.3 is 5.97 Å². The van der Waals surface area contributed by atoms with Crippen molar-refractivity contribution in [2.45, 2.75) is 6.92 Å². The molecule has 1 rings (SSSR count). The van der Waals surface area contributed by atoms with Crippen molar-refractivity contribution in [2.24, 2.45) is 0 Å². The van der Waals surface area contributed by atoms with Crippen molar-refractivity contribution in [3.8, 4) is 5.75 Å². The molecule has 0 aliphatic heterocycles. The van der Waals surface area contributed by atoms with E-state index in [0.717, 1.165) is 5.75 Å². The molecule has 0 aromatic heterocycles. The summed E-state index contributed by atoms with van der Waals surface area (Å²) in [6.07, 6.45) is 0. The average Bonchev–Trinajstić information content (AvgIpc) is 2.34. The van der Waals surface area contributed by atoms with Crippen LogP contribution in [0.25, 0.3) is 0 Å². The van der Waals surface area contributed by atoms with Gasteiger partial charge in [0.15, 0.2) is 6.79 Å². The van der Waals surface area contributed by atoms with E-state index in [1.54, 1.807) is 6.92 Å². The maximum atomic E-state index is 11.0. The van der Waals surface area contributed by atoms with Crippen LogP contribution in [0.3, 0.4) is 0 Å². The van der Waals surface area contributed by atoms with Gasteiger partial charge in [-0.1, -0.05) is 24.8 Å². The average molecular weight is 236 g/mol. The lowest BCUT2D eigenvalue weighted by Gasteiger charge is -2.07. The first-order valence-corrected chi connectivity index (χ1v) is 5.28. The number of hydrogen-bond donors (Lipinski definition) is 0. The molecule has 0 N–H and O–H groups in total. The molecule has 0 radical (unpaired) electrons. The quantitative estimate of drug-likeness (QED) is 0.315. The summed E-state index contributed by atoms with van der Waals surface area (Å²) < 4.78 is 15.3. The van der Waals surface area contributed by atoms with Crippen LogP contribution in [0, 0.1) is 0 Å². The first-order valence-electron chi connectivity index (χ1n) is 5.28. The number of hydrogen-bond acceptors (Lipinski definition) is 4. The summed E-state index contributed by atoms with van der Waals surface area (Å²) >= 11 is 0. The molecule has 4 nitrogen and oxygen atoms in total. The Labute approximate surface area is 101 Å². The lowest BCUT2D eigenvalue weighted by molar-refractivity contribution is -0.141. The monoisotopic (exact) mass is 236 g/mol. The van der Waals surface area contributed by atoms with Crippen LogP contribution >= 0.6 is 0 Å². The van der Waals surface area contributed by atoms with Crippen molar-refractivity contribution in [1.29, 1.82) is 0 Å². The second-order valence-corrected chi connectivity index (χ2v) is 3.40. The fraction of sp³-hybridized carbons (Fsp3) is 0.308. The third kappa shape index (κ3) is 5.73. The fourth-order valence-corrected chi connectivity index (χ4v) is 1.00. The van der Waals surface area contributed by atoms with E-state index >= 15 is 0 Å². The summed E-state index contributed by atoms with van der Waals surface area (Å²) in [5, 5.41) is 0. The molecule has 0 atom stereocenters. The predicted octanol–water partition coefficient (Wildman–Crippen LogP) is 2.16. The lowest BCUT2D eigenvalue weighted by Crippen LogP contribution is -2.13. The summed E-state index contributed by atoms with van der Waals surface area (Å²) in [5.41, 5.74) is 0.380. The van der Waals surface area contributed by atoms with Crippen molar-refractivity contribution in [2.75, 3.05) is 20.0 Å². The number of ether oxygens (including phenoxy) is 3. The van der Waals surface area contributed by atoms with Crippen LogP contribution in [0.1, 0.15) is 6.92 Å². The Morgan fingerprint density at radius 2 is 1.94 bits per heavy atom. The van der Waals surface area contributed by atoms with Gasteiger partial charge in [-0.15, -0.1) is 0 Å². The Balaban J connectivity index is 2.02. The highest BCUT2D eigenvalue weighted by Gasteiger charge is 2.01. The largest absolute Gasteiger partial charge is 0.468 e. The molecule has 0 bridgehead atoms. The van der Waals surface area contributed by atoms with Gasteiger partial charge in [0.1, 0.15) is 12.4 Å². The van der Waals surface area contributed by atoms with E-state index in [-0.39, 0.29) is 13.4 Å². The van der Waals surface area contributed by atoms with Gasteiger partial charge in [0.05, 0.1) is 6.61 Å². The predicted molar refractivity (Wildman–Crippen MR) is 63.7 cm³/mol. The minimum atomic E-state index is -0.405. The Hall–Kier alpha value is -1.81. The second-order valence-electron chi connectivity index (χ2n) is 3.40. The standard InChI is InChI=1S/C13H16O4/c1-11(2)13(14)16-9-8-15-10-17-12-6-4-3-5-7-12/h3-7H,1,8-10H2,2H3. The minimum absolute atomic E-state index is 0.134. The van der Waals surface area contributed by atoms with Gasteiger partial charge in [0, 0.05) is 5.57 Å². The molecule has 0 saturated carbocycles. The van der Waals surface area contributed by atoms with Crippen LogP contribution in [-0.2, 0) is 14.3 Å². The molecule has 0 saturated heterocycles. The molecule has 0 spiro atoms. The molecule has 1 aromatic carbocycles. The third-order valence-corrected chi connectivity index (χ3v) is 1.86. The highest BCUT2D eigenvalue weighted by molar-refractivity contribution is 5.86. The van der Waals surface area contributed by atoms with Crippen molar-refractivity contribution in [3.05, 3.63) is 42.5 Å². The zero-order chi connectivity index (χ0) is 12.5. The molecule has 17 heavy (non-hydrogen) atoms. The molecular weight excluding hydrogens is 220 g/mol. The fourth-order valence-electron chi connectivity index (χ4n) is 1.00. The number of carbonyl (C=O) groups is 1. The number of esters is 1. The highest BCUT2D eigenvalue weighted by atomic mass is 16.7. The molecule has 0 aliphatic carbocycles. The molecule has 92 valence electrons. The van der Waals surface area contributed by atoms with Crippen LogP contribution in [-0.4, -0.2) is 26.0 Å². The molecule has 0 heterocycles. The van der Waals surface area contributed by atoms with E-state index < -0.39 is 5.97 Å². The maximum Gasteiger partial charge on any atom is 0.333 e. The number of benzene rings is 1. The molecule has 0 aliphatic rings. The van der Waals surface area contributed by atoms with Crippen molar-refractivity contribution in [1.82, 2.24) is 0 Å². The van der Waals surface area contributed by atoms with Gasteiger partial charge in [-0.2, -0.15) is 0 Å². The SMILES string of the molecule is C=C(C)C(=O)OCCOCOc1ccccc1. The van der Waals surface area contributed by atoms with Crippen LogP contribution in [0.5, 0.6) is 5.75 Å². The Morgan fingerprint density at radius 1 is 1.24 bits per heavy atom. The van der Waals surface area contributed by atoms with E-state index in [1.807, 2.05) is 30.3 Å². The smallest absolute Gasteiger partial charge is 0.333 e. The van der Waals surface area contributed by atoms with Gasteiger partial charge in [0.25, 0.3) is 0 Å². The molecule has 0 amide bonds. The van der Waals surface area contributed by atoms with Crippen molar-refractivity contribution < 1.29 is 19.0 Å². The van der Waals surface area contributed by atoms with E-state index in [9.17, 15) is 4.79 Å².